The molecule has 0 saturated carbocycles. The summed E-state index contributed by atoms with van der Waals surface area (Å²) in [6.07, 6.45) is 2.78. The van der Waals surface area contributed by atoms with Gasteiger partial charge in [-0.05, 0) is 55.3 Å². The smallest absolute Gasteiger partial charge is 0.261 e. The lowest BCUT2D eigenvalue weighted by atomic mass is 9.86. The van der Waals surface area contributed by atoms with Gasteiger partial charge in [0.05, 0.1) is 61.1 Å². The molecular weight excluding hydrogens is 922 g/mol. The predicted octanol–water partition coefficient (Wildman–Crippen LogP) is 8.76. The Bertz CT molecular complexity index is 3060. The minimum Gasteiger partial charge on any atom is -0.373 e. The maximum Gasteiger partial charge on any atom is 0.261 e. The second-order valence-electron chi connectivity index (χ2n) is 16.0. The highest BCUT2D eigenvalue weighted by atomic mass is 35.5. The summed E-state index contributed by atoms with van der Waals surface area (Å²) < 4.78 is 66.7. The minimum absolute atomic E-state index is 0.0325. The maximum absolute atomic E-state index is 17.4. The van der Waals surface area contributed by atoms with Gasteiger partial charge >= 0.3 is 0 Å². The molecule has 0 aliphatic carbocycles. The molecule has 8 rings (SSSR count). The van der Waals surface area contributed by atoms with Crippen molar-refractivity contribution in [3.63, 3.8) is 0 Å². The molecule has 2 atom stereocenters. The number of anilines is 2. The van der Waals surface area contributed by atoms with Crippen LogP contribution in [0.15, 0.2) is 64.7 Å². The van der Waals surface area contributed by atoms with Crippen molar-refractivity contribution in [2.75, 3.05) is 36.8 Å². The average Bonchev–Trinajstić information content (AvgIpc) is 3.89. The highest BCUT2D eigenvalue weighted by Crippen LogP contribution is 2.46. The van der Waals surface area contributed by atoms with Crippen LogP contribution >= 0.6 is 46.4 Å². The Morgan fingerprint density at radius 1 is 0.688 bits per heavy atom. The van der Waals surface area contributed by atoms with Crippen molar-refractivity contribution in [3.8, 4) is 0 Å². The van der Waals surface area contributed by atoms with Crippen molar-refractivity contribution >= 4 is 91.4 Å². The number of likely N-dealkylation sites (tertiary alicyclic amines) is 2. The number of nitrogens with zero attached hydrogens (tertiary/aromatic N) is 6. The zero-order chi connectivity index (χ0) is 46.0. The molecule has 64 heavy (non-hydrogen) atoms. The van der Waals surface area contributed by atoms with E-state index in [0.717, 1.165) is 29.1 Å². The number of nitrogens with one attached hydrogen (secondary N) is 2. The summed E-state index contributed by atoms with van der Waals surface area (Å²) in [4.78, 5) is 64.4. The standard InChI is InChI=1S/C44H38Cl4F4N8O4/c1-4-32(61)58-10-8-43(18-58,34-29(49)7-6-27(45)36(34)47)55-24-14-26-40(31(51)16-24)54-21-60(42(26)64)17-22-12-28(46)37(48)35(38(22)52)44(9-11-59(19-44)33(62)5-2)56-23-13-25-39(30(50)15-23)53-20-57(3)41(25)63/h6-7,12-16,20-21,55-56H,4-5,8-11,17-19H2,1-3H3/t43-,44+/m1/s1. The molecule has 6 aromatic rings. The van der Waals surface area contributed by atoms with Crippen molar-refractivity contribution < 1.29 is 27.2 Å². The number of fused-ring (bicyclic) bond motifs is 2. The van der Waals surface area contributed by atoms with Gasteiger partial charge in [0.25, 0.3) is 11.1 Å². The van der Waals surface area contributed by atoms with E-state index in [9.17, 15) is 19.2 Å². The zero-order valence-electron chi connectivity index (χ0n) is 34.4. The van der Waals surface area contributed by atoms with E-state index in [1.165, 1.54) is 52.0 Å². The number of halogens is 8. The Labute approximate surface area is 382 Å². The van der Waals surface area contributed by atoms with Crippen molar-refractivity contribution in [2.24, 2.45) is 7.05 Å². The van der Waals surface area contributed by atoms with Gasteiger partial charge in [0, 0.05) is 74.1 Å². The molecule has 2 amide bonds. The van der Waals surface area contributed by atoms with E-state index in [1.807, 2.05) is 0 Å². The third-order valence-electron chi connectivity index (χ3n) is 12.0. The first kappa shape index (κ1) is 45.2. The van der Waals surface area contributed by atoms with E-state index < -0.39 is 52.0 Å². The fraction of sp³-hybridized carbons (Fsp3) is 0.318. The van der Waals surface area contributed by atoms with Crippen LogP contribution in [0.4, 0.5) is 28.9 Å². The second kappa shape index (κ2) is 17.2. The number of amides is 2. The number of aromatic nitrogens is 4. The van der Waals surface area contributed by atoms with E-state index >= 15 is 17.6 Å². The summed E-state index contributed by atoms with van der Waals surface area (Å²) in [6, 6.07) is 8.57. The maximum atomic E-state index is 17.4. The Kier molecular flexibility index (Phi) is 12.1. The highest BCUT2D eigenvalue weighted by Gasteiger charge is 2.47. The predicted molar refractivity (Wildman–Crippen MR) is 238 cm³/mol. The lowest BCUT2D eigenvalue weighted by molar-refractivity contribution is -0.130. The Hall–Kier alpha value is -5.42. The molecule has 4 aromatic carbocycles. The minimum atomic E-state index is -1.53. The van der Waals surface area contributed by atoms with E-state index in [2.05, 4.69) is 20.6 Å². The number of hydrogen-bond donors (Lipinski definition) is 2. The van der Waals surface area contributed by atoms with Gasteiger partial charge in [0.1, 0.15) is 22.7 Å². The Morgan fingerprint density at radius 3 is 1.77 bits per heavy atom. The van der Waals surface area contributed by atoms with Crippen LogP contribution in [0.25, 0.3) is 21.8 Å². The molecule has 12 nitrogen and oxygen atoms in total. The Morgan fingerprint density at radius 2 is 1.20 bits per heavy atom. The average molecular weight is 961 g/mol. The van der Waals surface area contributed by atoms with E-state index in [4.69, 9.17) is 46.4 Å². The van der Waals surface area contributed by atoms with Crippen molar-refractivity contribution in [2.45, 2.75) is 57.2 Å². The van der Waals surface area contributed by atoms with Crippen LogP contribution in [0, 0.1) is 23.3 Å². The number of benzene rings is 4. The van der Waals surface area contributed by atoms with Crippen LogP contribution in [0.3, 0.4) is 0 Å². The molecule has 0 radical (unpaired) electrons. The van der Waals surface area contributed by atoms with Gasteiger partial charge in [0.15, 0.2) is 11.6 Å². The molecule has 2 aromatic heterocycles. The van der Waals surface area contributed by atoms with Gasteiger partial charge < -0.3 is 25.0 Å². The number of hydrogen-bond acceptors (Lipinski definition) is 8. The Balaban J connectivity index is 1.21. The summed E-state index contributed by atoms with van der Waals surface area (Å²) in [5.74, 6) is -3.80. The zero-order valence-corrected chi connectivity index (χ0v) is 37.4. The van der Waals surface area contributed by atoms with Gasteiger partial charge in [-0.15, -0.1) is 0 Å². The highest BCUT2D eigenvalue weighted by molar-refractivity contribution is 6.43. The molecule has 0 unspecified atom stereocenters. The summed E-state index contributed by atoms with van der Waals surface area (Å²) in [7, 11) is 1.46. The van der Waals surface area contributed by atoms with Crippen molar-refractivity contribution in [1.29, 1.82) is 0 Å². The molecular formula is C44H38Cl4F4N8O4. The summed E-state index contributed by atoms with van der Waals surface area (Å²) in [5.41, 5.74) is -4.97. The largest absolute Gasteiger partial charge is 0.373 e. The number of carbonyl (C=O) groups is 2. The van der Waals surface area contributed by atoms with Gasteiger partial charge in [-0.25, -0.2) is 27.5 Å². The van der Waals surface area contributed by atoms with Crippen LogP contribution in [0.2, 0.25) is 20.1 Å². The lowest BCUT2D eigenvalue weighted by Crippen LogP contribution is -2.41. The third-order valence-corrected chi connectivity index (χ3v) is 13.6. The molecule has 2 fully saturated rings. The summed E-state index contributed by atoms with van der Waals surface area (Å²) >= 11 is 26.5. The second-order valence-corrected chi connectivity index (χ2v) is 17.6. The molecule has 0 bridgehead atoms. The van der Waals surface area contributed by atoms with Crippen LogP contribution in [-0.4, -0.2) is 66.9 Å². The van der Waals surface area contributed by atoms with E-state index in [1.54, 1.807) is 13.8 Å². The molecule has 2 saturated heterocycles. The van der Waals surface area contributed by atoms with Crippen LogP contribution in [0.5, 0.6) is 0 Å². The van der Waals surface area contributed by atoms with Crippen LogP contribution < -0.4 is 21.8 Å². The van der Waals surface area contributed by atoms with Crippen LogP contribution in [-0.2, 0) is 34.3 Å². The molecule has 2 aliphatic rings. The number of carbonyl (C=O) groups excluding carboxylic acids is 2. The molecule has 20 heteroatoms. The third kappa shape index (κ3) is 7.81. The number of rotatable bonds is 10. The normalized spacial score (nSPS) is 18.7. The van der Waals surface area contributed by atoms with Crippen LogP contribution in [0.1, 0.15) is 56.2 Å². The molecule has 0 spiro atoms. The fourth-order valence-corrected chi connectivity index (χ4v) is 9.92. The SMILES string of the molecule is CCC(=O)N1CC[C@](Nc2cc(F)c3ncn(Cc4cc(Cl)c(Cl)c([C@]5(Nc6cc(F)c7ncn(C)c(=O)c7c6)CCN(C(=O)CC)C5)c4F)c(=O)c3c2)(c2c(F)ccc(Cl)c2Cl)C1. The monoisotopic (exact) mass is 958 g/mol. The molecule has 2 aliphatic heterocycles. The van der Waals surface area contributed by atoms with Gasteiger partial charge in [-0.1, -0.05) is 60.3 Å². The van der Waals surface area contributed by atoms with E-state index in [0.29, 0.717) is 0 Å². The van der Waals surface area contributed by atoms with Gasteiger partial charge in [-0.3, -0.25) is 23.7 Å². The topological polar surface area (TPSA) is 134 Å². The van der Waals surface area contributed by atoms with Gasteiger partial charge in [-0.2, -0.15) is 0 Å². The summed E-state index contributed by atoms with van der Waals surface area (Å²) in [6.45, 7) is 3.04. The van der Waals surface area contributed by atoms with E-state index in [-0.39, 0.29) is 134 Å². The number of aryl methyl sites for hydroxylation is 1. The molecule has 2 N–H and O–H groups in total. The quantitative estimate of drug-likeness (QED) is 0.103. The first-order valence-electron chi connectivity index (χ1n) is 20.2. The fourth-order valence-electron chi connectivity index (χ4n) is 8.89. The molecule has 334 valence electrons. The lowest BCUT2D eigenvalue weighted by Gasteiger charge is -2.34. The molecule has 4 heterocycles. The van der Waals surface area contributed by atoms with Crippen molar-refractivity contribution in [1.82, 2.24) is 28.9 Å². The van der Waals surface area contributed by atoms with Crippen molar-refractivity contribution in [3.05, 3.63) is 136 Å². The first-order valence-corrected chi connectivity index (χ1v) is 21.7. The first-order chi connectivity index (χ1) is 30.4. The van der Waals surface area contributed by atoms with Gasteiger partial charge in [0.2, 0.25) is 11.8 Å². The summed E-state index contributed by atoms with van der Waals surface area (Å²) in [5, 5.41) is 5.73.